The first kappa shape index (κ1) is 14.8. The van der Waals surface area contributed by atoms with Gasteiger partial charge in [0.15, 0.2) is 5.78 Å². The van der Waals surface area contributed by atoms with Crippen molar-refractivity contribution in [1.29, 1.82) is 5.26 Å². The van der Waals surface area contributed by atoms with E-state index in [0.717, 1.165) is 16.9 Å². The first-order valence-corrected chi connectivity index (χ1v) is 6.80. The molecule has 0 radical (unpaired) electrons. The lowest BCUT2D eigenvalue weighted by molar-refractivity contribution is 0.101. The van der Waals surface area contributed by atoms with E-state index < -0.39 is 0 Å². The Labute approximate surface area is 125 Å². The summed E-state index contributed by atoms with van der Waals surface area (Å²) in [6.45, 7) is 5.63. The van der Waals surface area contributed by atoms with Gasteiger partial charge in [-0.05, 0) is 50.6 Å². The molecule has 0 aromatic heterocycles. The number of rotatable bonds is 3. The summed E-state index contributed by atoms with van der Waals surface area (Å²) in [5, 5.41) is 9.08. The average molecular weight is 278 g/mol. The average Bonchev–Trinajstić information content (AvgIpc) is 2.45. The van der Waals surface area contributed by atoms with E-state index in [1.54, 1.807) is 25.1 Å². The topological polar surface area (TPSA) is 44.1 Å². The smallest absolute Gasteiger partial charge is 0.161 e. The standard InChI is InChI=1S/C18H18N2O/c1-12-5-8-17(13(2)9-12)20(4)18-10-15(11-19)6-7-16(18)14(3)21/h5-10H,1-4H3. The molecule has 0 N–H and O–H groups in total. The van der Waals surface area contributed by atoms with E-state index in [9.17, 15) is 4.79 Å². The molecule has 2 aromatic rings. The summed E-state index contributed by atoms with van der Waals surface area (Å²) in [5.74, 6) is -0.00824. The Morgan fingerprint density at radius 3 is 2.38 bits per heavy atom. The molecule has 0 amide bonds. The van der Waals surface area contributed by atoms with E-state index in [1.165, 1.54) is 5.56 Å². The summed E-state index contributed by atoms with van der Waals surface area (Å²) in [7, 11) is 1.92. The normalized spacial score (nSPS) is 10.0. The van der Waals surface area contributed by atoms with Gasteiger partial charge in [-0.2, -0.15) is 5.26 Å². The minimum Gasteiger partial charge on any atom is -0.344 e. The highest BCUT2D eigenvalue weighted by molar-refractivity contribution is 6.00. The highest BCUT2D eigenvalue weighted by atomic mass is 16.1. The molecule has 0 aliphatic rings. The number of ketones is 1. The number of anilines is 2. The number of carbonyl (C=O) groups is 1. The molecular weight excluding hydrogens is 260 g/mol. The van der Waals surface area contributed by atoms with Crippen LogP contribution in [0.3, 0.4) is 0 Å². The molecule has 0 atom stereocenters. The number of nitrogens with zero attached hydrogens (tertiary/aromatic N) is 2. The predicted octanol–water partition coefficient (Wildman–Crippen LogP) is 4.15. The summed E-state index contributed by atoms with van der Waals surface area (Å²) in [4.78, 5) is 13.8. The molecule has 3 heteroatoms. The molecule has 21 heavy (non-hydrogen) atoms. The first-order valence-electron chi connectivity index (χ1n) is 6.80. The van der Waals surface area contributed by atoms with Crippen LogP contribution in [-0.2, 0) is 0 Å². The lowest BCUT2D eigenvalue weighted by Crippen LogP contribution is -2.14. The van der Waals surface area contributed by atoms with Gasteiger partial charge >= 0.3 is 0 Å². The molecule has 0 aliphatic carbocycles. The molecule has 0 spiro atoms. The third-order valence-electron chi connectivity index (χ3n) is 3.58. The maximum absolute atomic E-state index is 11.8. The summed E-state index contributed by atoms with van der Waals surface area (Å²) in [6.07, 6.45) is 0. The van der Waals surface area contributed by atoms with Gasteiger partial charge in [0.1, 0.15) is 0 Å². The molecule has 0 heterocycles. The largest absolute Gasteiger partial charge is 0.344 e. The molecule has 3 nitrogen and oxygen atoms in total. The minimum absolute atomic E-state index is 0.00824. The van der Waals surface area contributed by atoms with Gasteiger partial charge in [0.2, 0.25) is 0 Å². The van der Waals surface area contributed by atoms with Crippen molar-refractivity contribution >= 4 is 17.2 Å². The van der Waals surface area contributed by atoms with Crippen LogP contribution in [0.1, 0.15) is 34.0 Å². The second kappa shape index (κ2) is 5.80. The maximum Gasteiger partial charge on any atom is 0.161 e. The fraction of sp³-hybridized carbons (Fsp3) is 0.222. The Morgan fingerprint density at radius 1 is 1.10 bits per heavy atom. The SMILES string of the molecule is CC(=O)c1ccc(C#N)cc1N(C)c1ccc(C)cc1C. The van der Waals surface area contributed by atoms with Crippen LogP contribution in [0.5, 0.6) is 0 Å². The lowest BCUT2D eigenvalue weighted by Gasteiger charge is -2.24. The van der Waals surface area contributed by atoms with Gasteiger partial charge in [-0.3, -0.25) is 4.79 Å². The first-order chi connectivity index (χ1) is 9.93. The molecule has 0 unspecified atom stereocenters. The molecule has 2 rings (SSSR count). The second-order valence-corrected chi connectivity index (χ2v) is 5.25. The van der Waals surface area contributed by atoms with Crippen LogP contribution in [0.25, 0.3) is 0 Å². The summed E-state index contributed by atoms with van der Waals surface area (Å²) >= 11 is 0. The number of Topliss-reactive ketones (excluding diaryl/α,β-unsaturated/α-hetero) is 1. The quantitative estimate of drug-likeness (QED) is 0.792. The van der Waals surface area contributed by atoms with Gasteiger partial charge in [0.25, 0.3) is 0 Å². The Balaban J connectivity index is 2.59. The third-order valence-corrected chi connectivity index (χ3v) is 3.58. The number of hydrogen-bond acceptors (Lipinski definition) is 3. The van der Waals surface area contributed by atoms with Gasteiger partial charge in [-0.25, -0.2) is 0 Å². The zero-order valence-corrected chi connectivity index (χ0v) is 12.8. The number of nitriles is 1. The van der Waals surface area contributed by atoms with E-state index in [0.29, 0.717) is 11.1 Å². The van der Waals surface area contributed by atoms with E-state index >= 15 is 0 Å². The predicted molar refractivity (Wildman–Crippen MR) is 85.1 cm³/mol. The lowest BCUT2D eigenvalue weighted by atomic mass is 10.0. The summed E-state index contributed by atoms with van der Waals surface area (Å²) < 4.78 is 0. The Hall–Kier alpha value is -2.60. The number of hydrogen-bond donors (Lipinski definition) is 0. The zero-order valence-electron chi connectivity index (χ0n) is 12.8. The Morgan fingerprint density at radius 2 is 1.81 bits per heavy atom. The summed E-state index contributed by atoms with van der Waals surface area (Å²) in [5.41, 5.74) is 5.28. The van der Waals surface area contributed by atoms with Crippen molar-refractivity contribution in [3.63, 3.8) is 0 Å². The minimum atomic E-state index is -0.00824. The van der Waals surface area contributed by atoms with E-state index in [2.05, 4.69) is 12.1 Å². The van der Waals surface area contributed by atoms with E-state index in [-0.39, 0.29) is 5.78 Å². The van der Waals surface area contributed by atoms with Crippen LogP contribution in [-0.4, -0.2) is 12.8 Å². The Kier molecular flexibility index (Phi) is 4.09. The molecule has 0 saturated heterocycles. The van der Waals surface area contributed by atoms with Crippen LogP contribution in [0.15, 0.2) is 36.4 Å². The van der Waals surface area contributed by atoms with Crippen molar-refractivity contribution in [2.75, 3.05) is 11.9 Å². The third kappa shape index (κ3) is 2.95. The van der Waals surface area contributed by atoms with Crippen LogP contribution >= 0.6 is 0 Å². The molecular formula is C18H18N2O. The van der Waals surface area contributed by atoms with Crippen molar-refractivity contribution in [3.8, 4) is 6.07 Å². The van der Waals surface area contributed by atoms with Crippen LogP contribution < -0.4 is 4.90 Å². The highest BCUT2D eigenvalue weighted by Crippen LogP contribution is 2.31. The molecule has 0 bridgehead atoms. The second-order valence-electron chi connectivity index (χ2n) is 5.25. The van der Waals surface area contributed by atoms with Crippen LogP contribution in [0, 0.1) is 25.2 Å². The molecule has 2 aromatic carbocycles. The van der Waals surface area contributed by atoms with Crippen LogP contribution in [0.4, 0.5) is 11.4 Å². The number of aryl methyl sites for hydroxylation is 2. The fourth-order valence-corrected chi connectivity index (χ4v) is 2.49. The fourth-order valence-electron chi connectivity index (χ4n) is 2.49. The van der Waals surface area contributed by atoms with Crippen molar-refractivity contribution < 1.29 is 4.79 Å². The van der Waals surface area contributed by atoms with Gasteiger partial charge in [0.05, 0.1) is 17.3 Å². The highest BCUT2D eigenvalue weighted by Gasteiger charge is 2.15. The Bertz CT molecular complexity index is 741. The number of benzene rings is 2. The van der Waals surface area contributed by atoms with Gasteiger partial charge < -0.3 is 4.90 Å². The van der Waals surface area contributed by atoms with E-state index in [4.69, 9.17) is 5.26 Å². The van der Waals surface area contributed by atoms with Crippen molar-refractivity contribution in [1.82, 2.24) is 0 Å². The molecule has 0 aliphatic heterocycles. The van der Waals surface area contributed by atoms with Crippen molar-refractivity contribution in [2.24, 2.45) is 0 Å². The summed E-state index contributed by atoms with van der Waals surface area (Å²) in [6, 6.07) is 13.5. The van der Waals surface area contributed by atoms with Gasteiger partial charge in [-0.15, -0.1) is 0 Å². The zero-order chi connectivity index (χ0) is 15.6. The van der Waals surface area contributed by atoms with Crippen molar-refractivity contribution in [2.45, 2.75) is 20.8 Å². The van der Waals surface area contributed by atoms with Gasteiger partial charge in [0, 0.05) is 18.3 Å². The van der Waals surface area contributed by atoms with E-state index in [1.807, 2.05) is 37.9 Å². The monoisotopic (exact) mass is 278 g/mol. The molecule has 106 valence electrons. The number of carbonyl (C=O) groups excluding carboxylic acids is 1. The maximum atomic E-state index is 11.8. The van der Waals surface area contributed by atoms with Crippen LogP contribution in [0.2, 0.25) is 0 Å². The molecule has 0 fully saturated rings. The van der Waals surface area contributed by atoms with Gasteiger partial charge in [-0.1, -0.05) is 17.7 Å². The molecule has 0 saturated carbocycles. The van der Waals surface area contributed by atoms with Crippen molar-refractivity contribution in [3.05, 3.63) is 58.7 Å².